The van der Waals surface area contributed by atoms with Crippen LogP contribution < -0.4 is 5.32 Å². The molecule has 0 fully saturated rings. The Kier molecular flexibility index (Phi) is 5.95. The molecule has 1 N–H and O–H groups in total. The van der Waals surface area contributed by atoms with Crippen molar-refractivity contribution < 1.29 is 14.3 Å². The molecule has 5 nitrogen and oxygen atoms in total. The minimum Gasteiger partial charge on any atom is -0.466 e. The van der Waals surface area contributed by atoms with Gasteiger partial charge in [-0.15, -0.1) is 11.3 Å². The van der Waals surface area contributed by atoms with E-state index >= 15 is 0 Å². The van der Waals surface area contributed by atoms with Crippen molar-refractivity contribution in [2.24, 2.45) is 11.8 Å². The topological polar surface area (TPSA) is 68.3 Å². The van der Waals surface area contributed by atoms with Crippen LogP contribution in [0.3, 0.4) is 0 Å². The van der Waals surface area contributed by atoms with Gasteiger partial charge in [0.25, 0.3) is 0 Å². The van der Waals surface area contributed by atoms with Gasteiger partial charge in [0, 0.05) is 11.3 Å². The van der Waals surface area contributed by atoms with Crippen molar-refractivity contribution in [3.8, 4) is 0 Å². The quantitative estimate of drug-likeness (QED) is 0.815. The van der Waals surface area contributed by atoms with Gasteiger partial charge in [-0.3, -0.25) is 9.59 Å². The van der Waals surface area contributed by atoms with E-state index in [4.69, 9.17) is 4.74 Å². The molecule has 19 heavy (non-hydrogen) atoms. The molecule has 1 aromatic rings. The van der Waals surface area contributed by atoms with Crippen LogP contribution in [0.15, 0.2) is 5.38 Å². The fraction of sp³-hybridized carbons (Fsp3) is 0.615. The van der Waals surface area contributed by atoms with Gasteiger partial charge < -0.3 is 10.1 Å². The summed E-state index contributed by atoms with van der Waals surface area (Å²) in [7, 11) is 0. The minimum atomic E-state index is -0.304. The second-order valence-corrected chi connectivity index (χ2v) is 5.51. The first-order valence-electron chi connectivity index (χ1n) is 6.35. The number of ether oxygens (including phenoxy) is 1. The first-order chi connectivity index (χ1) is 8.93. The molecule has 0 aliphatic rings. The number of anilines is 1. The molecule has 106 valence electrons. The van der Waals surface area contributed by atoms with Gasteiger partial charge in [-0.05, 0) is 12.8 Å². The zero-order valence-corrected chi connectivity index (χ0v) is 12.5. The Hall–Kier alpha value is -1.43. The van der Waals surface area contributed by atoms with Crippen LogP contribution in [0, 0.1) is 11.8 Å². The van der Waals surface area contributed by atoms with Crippen molar-refractivity contribution in [1.29, 1.82) is 0 Å². The lowest BCUT2D eigenvalue weighted by Gasteiger charge is -2.13. The largest absolute Gasteiger partial charge is 0.466 e. The Bertz CT molecular complexity index is 443. The molecule has 0 aliphatic heterocycles. The number of carbonyl (C=O) groups is 2. The Morgan fingerprint density at radius 1 is 1.42 bits per heavy atom. The molecule has 0 bridgehead atoms. The number of nitrogens with one attached hydrogen (secondary N) is 1. The van der Waals surface area contributed by atoms with Crippen LogP contribution >= 0.6 is 11.3 Å². The summed E-state index contributed by atoms with van der Waals surface area (Å²) in [6.07, 6.45) is 0.139. The zero-order valence-electron chi connectivity index (χ0n) is 11.7. The number of hydrogen-bond acceptors (Lipinski definition) is 5. The Labute approximate surface area is 117 Å². The molecule has 0 aromatic carbocycles. The van der Waals surface area contributed by atoms with Crippen molar-refractivity contribution in [2.45, 2.75) is 34.1 Å². The number of thiazole rings is 1. The average molecular weight is 284 g/mol. The van der Waals surface area contributed by atoms with Gasteiger partial charge in [0.05, 0.1) is 18.7 Å². The molecule has 1 atom stereocenters. The van der Waals surface area contributed by atoms with E-state index < -0.39 is 0 Å². The number of amides is 1. The first kappa shape index (κ1) is 15.6. The van der Waals surface area contributed by atoms with Gasteiger partial charge in [-0.25, -0.2) is 4.98 Å². The molecule has 1 unspecified atom stereocenters. The monoisotopic (exact) mass is 284 g/mol. The number of hydrogen-bond donors (Lipinski definition) is 1. The van der Waals surface area contributed by atoms with Crippen LogP contribution in [0.2, 0.25) is 0 Å². The van der Waals surface area contributed by atoms with Crippen LogP contribution in [0.4, 0.5) is 5.13 Å². The van der Waals surface area contributed by atoms with E-state index in [1.807, 2.05) is 20.8 Å². The molecule has 6 heteroatoms. The summed E-state index contributed by atoms with van der Waals surface area (Å²) < 4.78 is 4.84. The second-order valence-electron chi connectivity index (χ2n) is 4.65. The normalized spacial score (nSPS) is 12.3. The molecule has 1 aromatic heterocycles. The third-order valence-corrected chi connectivity index (χ3v) is 3.63. The third-order valence-electron chi connectivity index (χ3n) is 2.83. The maximum absolute atomic E-state index is 11.9. The summed E-state index contributed by atoms with van der Waals surface area (Å²) >= 11 is 1.32. The highest BCUT2D eigenvalue weighted by atomic mass is 32.1. The molecule has 1 heterocycles. The summed E-state index contributed by atoms with van der Waals surface area (Å²) in [5.74, 6) is -0.148. The van der Waals surface area contributed by atoms with Gasteiger partial charge in [-0.2, -0.15) is 0 Å². The Balaban J connectivity index is 2.55. The summed E-state index contributed by atoms with van der Waals surface area (Å²) in [4.78, 5) is 27.3. The van der Waals surface area contributed by atoms with Crippen LogP contribution in [0.1, 0.15) is 33.4 Å². The number of aromatic nitrogens is 1. The maximum atomic E-state index is 11.9. The Morgan fingerprint density at radius 2 is 2.11 bits per heavy atom. The molecule has 0 saturated heterocycles. The molecule has 0 aliphatic carbocycles. The summed E-state index contributed by atoms with van der Waals surface area (Å²) in [6.45, 7) is 8.00. The molecule has 0 radical (unpaired) electrons. The van der Waals surface area contributed by atoms with Gasteiger partial charge in [0.2, 0.25) is 5.91 Å². The standard InChI is InChI=1S/C13H20N2O3S/c1-5-18-11(16)6-10-7-19-13(14-10)15-12(17)9(4)8(2)3/h7-9H,5-6H2,1-4H3,(H,14,15,17). The number of esters is 1. The van der Waals surface area contributed by atoms with E-state index in [9.17, 15) is 9.59 Å². The lowest BCUT2D eigenvalue weighted by molar-refractivity contribution is -0.142. The van der Waals surface area contributed by atoms with Crippen molar-refractivity contribution in [2.75, 3.05) is 11.9 Å². The van der Waals surface area contributed by atoms with E-state index in [0.717, 1.165) is 0 Å². The maximum Gasteiger partial charge on any atom is 0.311 e. The van der Waals surface area contributed by atoms with Crippen LogP contribution in [-0.4, -0.2) is 23.5 Å². The molecule has 0 spiro atoms. The highest BCUT2D eigenvalue weighted by molar-refractivity contribution is 7.13. The van der Waals surface area contributed by atoms with Crippen molar-refractivity contribution in [3.05, 3.63) is 11.1 Å². The van der Waals surface area contributed by atoms with Crippen molar-refractivity contribution >= 4 is 28.3 Å². The van der Waals surface area contributed by atoms with Gasteiger partial charge in [-0.1, -0.05) is 20.8 Å². The summed E-state index contributed by atoms with van der Waals surface area (Å²) in [6, 6.07) is 0. The smallest absolute Gasteiger partial charge is 0.311 e. The number of carbonyl (C=O) groups excluding carboxylic acids is 2. The zero-order chi connectivity index (χ0) is 14.4. The fourth-order valence-corrected chi connectivity index (χ4v) is 2.04. The minimum absolute atomic E-state index is 0.0490. The summed E-state index contributed by atoms with van der Waals surface area (Å²) in [5.41, 5.74) is 0.621. The molecule has 1 rings (SSSR count). The van der Waals surface area contributed by atoms with E-state index in [1.165, 1.54) is 11.3 Å². The first-order valence-corrected chi connectivity index (χ1v) is 7.22. The lowest BCUT2D eigenvalue weighted by atomic mass is 9.97. The van der Waals surface area contributed by atoms with E-state index in [0.29, 0.717) is 17.4 Å². The third kappa shape index (κ3) is 4.98. The van der Waals surface area contributed by atoms with Crippen LogP contribution in [0.25, 0.3) is 0 Å². The summed E-state index contributed by atoms with van der Waals surface area (Å²) in [5, 5.41) is 5.05. The Morgan fingerprint density at radius 3 is 2.68 bits per heavy atom. The molecular formula is C13H20N2O3S. The van der Waals surface area contributed by atoms with Crippen LogP contribution in [-0.2, 0) is 20.7 Å². The molecular weight excluding hydrogens is 264 g/mol. The predicted molar refractivity (Wildman–Crippen MR) is 75.1 cm³/mol. The number of rotatable bonds is 6. The second kappa shape index (κ2) is 7.23. The van der Waals surface area contributed by atoms with Gasteiger partial charge >= 0.3 is 5.97 Å². The van der Waals surface area contributed by atoms with E-state index in [1.54, 1.807) is 12.3 Å². The molecule has 0 saturated carbocycles. The lowest BCUT2D eigenvalue weighted by Crippen LogP contribution is -2.24. The van der Waals surface area contributed by atoms with E-state index in [-0.39, 0.29) is 30.1 Å². The van der Waals surface area contributed by atoms with Gasteiger partial charge in [0.15, 0.2) is 5.13 Å². The fourth-order valence-electron chi connectivity index (χ4n) is 1.33. The highest BCUT2D eigenvalue weighted by Gasteiger charge is 2.18. The van der Waals surface area contributed by atoms with Crippen molar-refractivity contribution in [3.63, 3.8) is 0 Å². The van der Waals surface area contributed by atoms with Crippen molar-refractivity contribution in [1.82, 2.24) is 4.98 Å². The van der Waals surface area contributed by atoms with E-state index in [2.05, 4.69) is 10.3 Å². The average Bonchev–Trinajstić information content (AvgIpc) is 2.75. The van der Waals surface area contributed by atoms with Crippen LogP contribution in [0.5, 0.6) is 0 Å². The predicted octanol–water partition coefficient (Wildman–Crippen LogP) is 2.48. The SMILES string of the molecule is CCOC(=O)Cc1csc(NC(=O)C(C)C(C)C)n1. The highest BCUT2D eigenvalue weighted by Crippen LogP contribution is 2.18. The molecule has 1 amide bonds. The number of nitrogens with zero attached hydrogens (tertiary/aromatic N) is 1. The van der Waals surface area contributed by atoms with Gasteiger partial charge in [0.1, 0.15) is 0 Å².